The van der Waals surface area contributed by atoms with Crippen LogP contribution in [-0.4, -0.2) is 34.9 Å². The van der Waals surface area contributed by atoms with Crippen molar-refractivity contribution in [3.63, 3.8) is 0 Å². The van der Waals surface area contributed by atoms with Crippen molar-refractivity contribution in [2.24, 2.45) is 0 Å². The van der Waals surface area contributed by atoms with Crippen molar-refractivity contribution >= 4 is 17.7 Å². The highest BCUT2D eigenvalue weighted by molar-refractivity contribution is 5.92. The van der Waals surface area contributed by atoms with Gasteiger partial charge in [-0.3, -0.25) is 0 Å². The van der Waals surface area contributed by atoms with E-state index in [1.54, 1.807) is 12.1 Å². The fraction of sp³-hybridized carbons (Fsp3) is 0.429. The zero-order chi connectivity index (χ0) is 15.1. The molecule has 0 unspecified atom stereocenters. The molecule has 4 N–H and O–H groups in total. The van der Waals surface area contributed by atoms with Gasteiger partial charge >= 0.3 is 12.0 Å². The van der Waals surface area contributed by atoms with Crippen LogP contribution in [0.4, 0.5) is 10.5 Å². The Labute approximate surface area is 117 Å². The molecule has 110 valence electrons. The second kappa shape index (κ2) is 7.49. The number of aliphatic carboxylic acids is 1. The molecule has 1 atom stereocenters. The molecule has 0 radical (unpaired) electrons. The summed E-state index contributed by atoms with van der Waals surface area (Å²) >= 11 is 0. The fourth-order valence-corrected chi connectivity index (χ4v) is 1.82. The molecule has 6 heteroatoms. The topological polar surface area (TPSA) is 98.7 Å². The third kappa shape index (κ3) is 4.55. The highest BCUT2D eigenvalue weighted by atomic mass is 16.4. The van der Waals surface area contributed by atoms with Crippen LogP contribution in [0.1, 0.15) is 31.7 Å². The molecule has 0 bridgehead atoms. The van der Waals surface area contributed by atoms with E-state index in [1.807, 2.05) is 26.0 Å². The molecule has 6 nitrogen and oxygen atoms in total. The first kappa shape index (κ1) is 16.0. The van der Waals surface area contributed by atoms with Gasteiger partial charge in [0.25, 0.3) is 0 Å². The van der Waals surface area contributed by atoms with Crippen LogP contribution in [0.5, 0.6) is 0 Å². The van der Waals surface area contributed by atoms with Gasteiger partial charge in [-0.1, -0.05) is 32.0 Å². The van der Waals surface area contributed by atoms with Crippen molar-refractivity contribution < 1.29 is 19.8 Å². The first-order chi connectivity index (χ1) is 9.45. The minimum absolute atomic E-state index is 0.0332. The number of carbonyl (C=O) groups is 2. The molecule has 0 aliphatic carbocycles. The first-order valence-corrected chi connectivity index (χ1v) is 6.45. The Morgan fingerprint density at radius 2 is 1.90 bits per heavy atom. The van der Waals surface area contributed by atoms with Crippen LogP contribution in [0, 0.1) is 0 Å². The van der Waals surface area contributed by atoms with E-state index in [2.05, 4.69) is 10.6 Å². The summed E-state index contributed by atoms with van der Waals surface area (Å²) in [4.78, 5) is 22.7. The summed E-state index contributed by atoms with van der Waals surface area (Å²) in [7, 11) is 0. The van der Waals surface area contributed by atoms with Crippen LogP contribution >= 0.6 is 0 Å². The average Bonchev–Trinajstić information content (AvgIpc) is 2.38. The molecule has 0 aliphatic heterocycles. The molecule has 1 aromatic carbocycles. The van der Waals surface area contributed by atoms with E-state index in [4.69, 9.17) is 10.2 Å². The molecule has 0 saturated heterocycles. The summed E-state index contributed by atoms with van der Waals surface area (Å²) in [5, 5.41) is 22.6. The molecular formula is C14H20N2O4. The lowest BCUT2D eigenvalue weighted by Gasteiger charge is -2.17. The van der Waals surface area contributed by atoms with Crippen LogP contribution < -0.4 is 10.6 Å². The fourth-order valence-electron chi connectivity index (χ4n) is 1.82. The minimum atomic E-state index is -1.17. The van der Waals surface area contributed by atoms with Crippen molar-refractivity contribution in [2.75, 3.05) is 11.9 Å². The lowest BCUT2D eigenvalue weighted by Crippen LogP contribution is -2.43. The van der Waals surface area contributed by atoms with E-state index in [-0.39, 0.29) is 18.9 Å². The maximum atomic E-state index is 11.8. The largest absolute Gasteiger partial charge is 0.480 e. The monoisotopic (exact) mass is 280 g/mol. The summed E-state index contributed by atoms with van der Waals surface area (Å²) in [6.45, 7) is 3.70. The van der Waals surface area contributed by atoms with Gasteiger partial charge in [0, 0.05) is 18.7 Å². The number of urea groups is 1. The molecule has 0 aromatic heterocycles. The lowest BCUT2D eigenvalue weighted by molar-refractivity contribution is -0.139. The maximum absolute atomic E-state index is 11.8. The Balaban J connectivity index is 2.73. The summed E-state index contributed by atoms with van der Waals surface area (Å²) in [6.07, 6.45) is -0.0332. The number of aliphatic hydroxyl groups excluding tert-OH is 1. The number of rotatable bonds is 6. The van der Waals surface area contributed by atoms with Crippen molar-refractivity contribution in [1.82, 2.24) is 5.32 Å². The van der Waals surface area contributed by atoms with Gasteiger partial charge in [0.1, 0.15) is 6.04 Å². The van der Waals surface area contributed by atoms with Gasteiger partial charge in [0.2, 0.25) is 0 Å². The average molecular weight is 280 g/mol. The Bertz CT molecular complexity index is 474. The number of aliphatic hydroxyl groups is 1. The van der Waals surface area contributed by atoms with Gasteiger partial charge in [0.05, 0.1) is 0 Å². The van der Waals surface area contributed by atoms with Crippen LogP contribution in [0.15, 0.2) is 24.3 Å². The number of hydrogen-bond acceptors (Lipinski definition) is 3. The molecule has 0 aliphatic rings. The molecule has 0 fully saturated rings. The molecule has 20 heavy (non-hydrogen) atoms. The Hall–Kier alpha value is -2.08. The molecule has 1 rings (SSSR count). The predicted molar refractivity (Wildman–Crippen MR) is 75.8 cm³/mol. The van der Waals surface area contributed by atoms with Crippen LogP contribution in [0.2, 0.25) is 0 Å². The molecule has 0 heterocycles. The number of para-hydroxylation sites is 1. The van der Waals surface area contributed by atoms with Crippen molar-refractivity contribution in [1.29, 1.82) is 0 Å². The van der Waals surface area contributed by atoms with Crippen molar-refractivity contribution in [3.05, 3.63) is 29.8 Å². The van der Waals surface area contributed by atoms with Gasteiger partial charge in [-0.05, 0) is 17.5 Å². The van der Waals surface area contributed by atoms with E-state index in [0.29, 0.717) is 5.69 Å². The number of amides is 2. The normalized spacial score (nSPS) is 12.0. The quantitative estimate of drug-likeness (QED) is 0.638. The maximum Gasteiger partial charge on any atom is 0.326 e. The highest BCUT2D eigenvalue weighted by Crippen LogP contribution is 2.23. The molecule has 2 amide bonds. The van der Waals surface area contributed by atoms with E-state index in [9.17, 15) is 9.59 Å². The number of hydrogen-bond donors (Lipinski definition) is 4. The minimum Gasteiger partial charge on any atom is -0.480 e. The number of carbonyl (C=O) groups excluding carboxylic acids is 1. The van der Waals surface area contributed by atoms with Crippen LogP contribution in [0.25, 0.3) is 0 Å². The van der Waals surface area contributed by atoms with E-state index < -0.39 is 18.0 Å². The summed E-state index contributed by atoms with van der Waals surface area (Å²) in [6, 6.07) is 5.64. The lowest BCUT2D eigenvalue weighted by atomic mass is 10.0. The number of carboxylic acid groups (broad SMARTS) is 1. The summed E-state index contributed by atoms with van der Waals surface area (Å²) < 4.78 is 0. The van der Waals surface area contributed by atoms with Crippen LogP contribution in [-0.2, 0) is 4.79 Å². The third-order valence-corrected chi connectivity index (χ3v) is 2.85. The Morgan fingerprint density at radius 3 is 2.45 bits per heavy atom. The van der Waals surface area contributed by atoms with Gasteiger partial charge in [-0.25, -0.2) is 9.59 Å². The SMILES string of the molecule is CC(C)c1ccccc1NC(=O)N[C@@H](CCO)C(=O)O. The van der Waals surface area contributed by atoms with E-state index in [1.165, 1.54) is 0 Å². The summed E-state index contributed by atoms with van der Waals surface area (Å²) in [5.74, 6) is -0.939. The number of anilines is 1. The smallest absolute Gasteiger partial charge is 0.326 e. The number of nitrogens with one attached hydrogen (secondary N) is 2. The van der Waals surface area contributed by atoms with Gasteiger partial charge in [0.15, 0.2) is 0 Å². The van der Waals surface area contributed by atoms with Gasteiger partial charge < -0.3 is 20.8 Å². The van der Waals surface area contributed by atoms with E-state index >= 15 is 0 Å². The highest BCUT2D eigenvalue weighted by Gasteiger charge is 2.19. The second-order valence-electron chi connectivity index (χ2n) is 4.74. The molecule has 1 aromatic rings. The van der Waals surface area contributed by atoms with Crippen LogP contribution in [0.3, 0.4) is 0 Å². The van der Waals surface area contributed by atoms with Crippen molar-refractivity contribution in [2.45, 2.75) is 32.2 Å². The second-order valence-corrected chi connectivity index (χ2v) is 4.74. The Morgan fingerprint density at radius 1 is 1.25 bits per heavy atom. The summed E-state index contributed by atoms with van der Waals surface area (Å²) in [5.41, 5.74) is 1.62. The third-order valence-electron chi connectivity index (χ3n) is 2.85. The standard InChI is InChI=1S/C14H20N2O4/c1-9(2)10-5-3-4-6-11(10)15-14(20)16-12(7-8-17)13(18)19/h3-6,9,12,17H,7-8H2,1-2H3,(H,18,19)(H2,15,16,20)/t12-/m0/s1. The zero-order valence-corrected chi connectivity index (χ0v) is 11.6. The van der Waals surface area contributed by atoms with Gasteiger partial charge in [-0.2, -0.15) is 0 Å². The van der Waals surface area contributed by atoms with E-state index in [0.717, 1.165) is 5.56 Å². The first-order valence-electron chi connectivity index (χ1n) is 6.45. The number of benzene rings is 1. The van der Waals surface area contributed by atoms with Crippen molar-refractivity contribution in [3.8, 4) is 0 Å². The Kier molecular flexibility index (Phi) is 5.99. The number of carboxylic acids is 1. The molecular weight excluding hydrogens is 260 g/mol. The van der Waals surface area contributed by atoms with Gasteiger partial charge in [-0.15, -0.1) is 0 Å². The molecule has 0 spiro atoms. The molecule has 0 saturated carbocycles. The predicted octanol–water partition coefficient (Wildman–Crippen LogP) is 1.77. The zero-order valence-electron chi connectivity index (χ0n) is 11.6.